The van der Waals surface area contributed by atoms with Crippen LogP contribution < -0.4 is 14.8 Å². The highest BCUT2D eigenvalue weighted by Crippen LogP contribution is 2.24. The standard InChI is InChI=1S/C21H24N4O3/c1-21(2,3)17-13-18(25(4)24-17)23-19(26)14-27-15-8-10-16(11-9-15)28-20-7-5-6-12-22-20/h5-13H,14H2,1-4H3,(H,23,26). The van der Waals surface area contributed by atoms with E-state index in [-0.39, 0.29) is 17.9 Å². The van der Waals surface area contributed by atoms with Gasteiger partial charge in [-0.3, -0.25) is 9.48 Å². The van der Waals surface area contributed by atoms with E-state index in [1.165, 1.54) is 0 Å². The number of carbonyl (C=O) groups excluding carboxylic acids is 1. The van der Waals surface area contributed by atoms with Gasteiger partial charge in [0, 0.05) is 30.8 Å². The van der Waals surface area contributed by atoms with Crippen molar-refractivity contribution in [1.82, 2.24) is 14.8 Å². The van der Waals surface area contributed by atoms with Crippen molar-refractivity contribution in [3.63, 3.8) is 0 Å². The fourth-order valence-electron chi connectivity index (χ4n) is 2.41. The fraction of sp³-hybridized carbons (Fsp3) is 0.286. The van der Waals surface area contributed by atoms with Crippen LogP contribution in [0.1, 0.15) is 26.5 Å². The molecule has 0 spiro atoms. The first-order valence-corrected chi connectivity index (χ1v) is 8.97. The molecule has 7 heteroatoms. The number of nitrogens with zero attached hydrogens (tertiary/aromatic N) is 3. The normalized spacial score (nSPS) is 11.1. The molecule has 0 fully saturated rings. The highest BCUT2D eigenvalue weighted by Gasteiger charge is 2.19. The number of hydrogen-bond donors (Lipinski definition) is 1. The molecule has 1 N–H and O–H groups in total. The Labute approximate surface area is 164 Å². The van der Waals surface area contributed by atoms with Gasteiger partial charge in [-0.2, -0.15) is 5.10 Å². The van der Waals surface area contributed by atoms with Crippen molar-refractivity contribution in [3.8, 4) is 17.4 Å². The van der Waals surface area contributed by atoms with Crippen LogP contribution >= 0.6 is 0 Å². The van der Waals surface area contributed by atoms with Crippen LogP contribution in [0.15, 0.2) is 54.7 Å². The van der Waals surface area contributed by atoms with Crippen molar-refractivity contribution >= 4 is 11.7 Å². The summed E-state index contributed by atoms with van der Waals surface area (Å²) in [7, 11) is 1.80. The van der Waals surface area contributed by atoms with E-state index in [0.29, 0.717) is 23.2 Å². The zero-order valence-corrected chi connectivity index (χ0v) is 16.5. The molecule has 0 unspecified atom stereocenters. The summed E-state index contributed by atoms with van der Waals surface area (Å²) in [5, 5.41) is 7.26. The molecule has 3 rings (SSSR count). The van der Waals surface area contributed by atoms with Gasteiger partial charge in [-0.25, -0.2) is 4.98 Å². The Kier molecular flexibility index (Phi) is 5.63. The van der Waals surface area contributed by atoms with E-state index in [2.05, 4.69) is 36.2 Å². The number of aryl methyl sites for hydroxylation is 1. The van der Waals surface area contributed by atoms with E-state index in [1.807, 2.05) is 18.2 Å². The Morgan fingerprint density at radius 2 is 1.82 bits per heavy atom. The van der Waals surface area contributed by atoms with Gasteiger partial charge in [-0.05, 0) is 30.3 Å². The van der Waals surface area contributed by atoms with Crippen molar-refractivity contribution in [2.45, 2.75) is 26.2 Å². The van der Waals surface area contributed by atoms with Crippen LogP contribution in [0.4, 0.5) is 5.82 Å². The molecule has 0 atom stereocenters. The number of carbonyl (C=O) groups is 1. The van der Waals surface area contributed by atoms with Gasteiger partial charge < -0.3 is 14.8 Å². The van der Waals surface area contributed by atoms with E-state index in [1.54, 1.807) is 48.3 Å². The highest BCUT2D eigenvalue weighted by molar-refractivity contribution is 5.91. The molecule has 28 heavy (non-hydrogen) atoms. The Balaban J connectivity index is 1.53. The van der Waals surface area contributed by atoms with E-state index in [4.69, 9.17) is 9.47 Å². The molecule has 146 valence electrons. The quantitative estimate of drug-likeness (QED) is 0.701. The lowest BCUT2D eigenvalue weighted by molar-refractivity contribution is -0.118. The Hall–Kier alpha value is -3.35. The minimum absolute atomic E-state index is 0.0870. The summed E-state index contributed by atoms with van der Waals surface area (Å²) in [6, 6.07) is 14.3. The first-order chi connectivity index (χ1) is 13.3. The first-order valence-electron chi connectivity index (χ1n) is 8.97. The molecule has 0 bridgehead atoms. The summed E-state index contributed by atoms with van der Waals surface area (Å²) in [5.74, 6) is 2.11. The summed E-state index contributed by atoms with van der Waals surface area (Å²) >= 11 is 0. The second-order valence-electron chi connectivity index (χ2n) is 7.37. The summed E-state index contributed by atoms with van der Waals surface area (Å²) in [6.07, 6.45) is 1.66. The molecule has 0 aliphatic carbocycles. The maximum atomic E-state index is 12.2. The largest absolute Gasteiger partial charge is 0.484 e. The monoisotopic (exact) mass is 380 g/mol. The van der Waals surface area contributed by atoms with E-state index >= 15 is 0 Å². The molecule has 7 nitrogen and oxygen atoms in total. The van der Waals surface area contributed by atoms with Crippen LogP contribution in [0.5, 0.6) is 17.4 Å². The van der Waals surface area contributed by atoms with Gasteiger partial charge in [0.05, 0.1) is 5.69 Å². The third kappa shape index (κ3) is 5.09. The maximum Gasteiger partial charge on any atom is 0.263 e. The maximum absolute atomic E-state index is 12.2. The Morgan fingerprint density at radius 3 is 2.43 bits per heavy atom. The smallest absolute Gasteiger partial charge is 0.263 e. The fourth-order valence-corrected chi connectivity index (χ4v) is 2.41. The van der Waals surface area contributed by atoms with Crippen molar-refractivity contribution in [1.29, 1.82) is 0 Å². The summed E-state index contributed by atoms with van der Waals surface area (Å²) < 4.78 is 12.8. The average molecular weight is 380 g/mol. The molecule has 1 aromatic carbocycles. The van der Waals surface area contributed by atoms with E-state index in [9.17, 15) is 4.79 Å². The van der Waals surface area contributed by atoms with Gasteiger partial charge >= 0.3 is 0 Å². The molecule has 0 aliphatic heterocycles. The van der Waals surface area contributed by atoms with Crippen LogP contribution in [-0.2, 0) is 17.3 Å². The van der Waals surface area contributed by atoms with E-state index in [0.717, 1.165) is 5.69 Å². The molecule has 3 aromatic rings. The molecule has 0 saturated heterocycles. The summed E-state index contributed by atoms with van der Waals surface area (Å²) in [6.45, 7) is 6.12. The summed E-state index contributed by atoms with van der Waals surface area (Å²) in [4.78, 5) is 16.3. The molecular formula is C21H24N4O3. The van der Waals surface area contributed by atoms with Crippen LogP contribution in [0.2, 0.25) is 0 Å². The molecule has 2 heterocycles. The molecule has 0 aliphatic rings. The number of nitrogens with one attached hydrogen (secondary N) is 1. The molecule has 2 aromatic heterocycles. The minimum atomic E-state index is -0.253. The lowest BCUT2D eigenvalue weighted by Crippen LogP contribution is -2.21. The lowest BCUT2D eigenvalue weighted by atomic mass is 9.92. The van der Waals surface area contributed by atoms with Crippen molar-refractivity contribution in [2.24, 2.45) is 7.05 Å². The second-order valence-corrected chi connectivity index (χ2v) is 7.37. The second kappa shape index (κ2) is 8.12. The highest BCUT2D eigenvalue weighted by atomic mass is 16.5. The number of benzene rings is 1. The van der Waals surface area contributed by atoms with Crippen LogP contribution in [0.25, 0.3) is 0 Å². The number of aromatic nitrogens is 3. The predicted molar refractivity (Wildman–Crippen MR) is 107 cm³/mol. The third-order valence-corrected chi connectivity index (χ3v) is 3.97. The van der Waals surface area contributed by atoms with Crippen LogP contribution in [0, 0.1) is 0 Å². The number of rotatable bonds is 6. The number of ether oxygens (including phenoxy) is 2. The predicted octanol–water partition coefficient (Wildman–Crippen LogP) is 3.92. The van der Waals surface area contributed by atoms with Gasteiger partial charge in [-0.1, -0.05) is 26.8 Å². The van der Waals surface area contributed by atoms with Crippen LogP contribution in [0.3, 0.4) is 0 Å². The lowest BCUT2D eigenvalue weighted by Gasteiger charge is -2.13. The minimum Gasteiger partial charge on any atom is -0.484 e. The zero-order chi connectivity index (χ0) is 20.1. The van der Waals surface area contributed by atoms with Gasteiger partial charge in [-0.15, -0.1) is 0 Å². The first kappa shape index (κ1) is 19.4. The van der Waals surface area contributed by atoms with Crippen molar-refractivity contribution in [2.75, 3.05) is 11.9 Å². The zero-order valence-electron chi connectivity index (χ0n) is 16.5. The van der Waals surface area contributed by atoms with Crippen molar-refractivity contribution < 1.29 is 14.3 Å². The van der Waals surface area contributed by atoms with Gasteiger partial charge in [0.15, 0.2) is 6.61 Å². The third-order valence-electron chi connectivity index (χ3n) is 3.97. The Bertz CT molecular complexity index is 929. The average Bonchev–Trinajstić information content (AvgIpc) is 3.03. The number of anilines is 1. The molecule has 0 saturated carbocycles. The number of pyridine rings is 1. The van der Waals surface area contributed by atoms with Gasteiger partial charge in [0.2, 0.25) is 5.88 Å². The van der Waals surface area contributed by atoms with Crippen molar-refractivity contribution in [3.05, 3.63) is 60.4 Å². The molecule has 0 radical (unpaired) electrons. The SMILES string of the molecule is Cn1nc(C(C)(C)C)cc1NC(=O)COc1ccc(Oc2ccccn2)cc1. The molecular weight excluding hydrogens is 356 g/mol. The van der Waals surface area contributed by atoms with Crippen LogP contribution in [-0.4, -0.2) is 27.3 Å². The number of amides is 1. The molecule has 1 amide bonds. The summed E-state index contributed by atoms with van der Waals surface area (Å²) in [5.41, 5.74) is 0.825. The topological polar surface area (TPSA) is 78.3 Å². The Morgan fingerprint density at radius 1 is 1.11 bits per heavy atom. The van der Waals surface area contributed by atoms with Gasteiger partial charge in [0.25, 0.3) is 5.91 Å². The van der Waals surface area contributed by atoms with E-state index < -0.39 is 0 Å². The van der Waals surface area contributed by atoms with Gasteiger partial charge in [0.1, 0.15) is 17.3 Å². The number of hydrogen-bond acceptors (Lipinski definition) is 5.